The maximum atomic E-state index is 13.8. The number of amidine groups is 1. The zero-order valence-corrected chi connectivity index (χ0v) is 21.5. The van der Waals surface area contributed by atoms with Crippen molar-refractivity contribution < 1.29 is 14.7 Å². The van der Waals surface area contributed by atoms with Crippen LogP contribution in [0.15, 0.2) is 77.1 Å². The van der Waals surface area contributed by atoms with Crippen molar-refractivity contribution in [2.24, 2.45) is 10.9 Å². The number of hydrogen-bond acceptors (Lipinski definition) is 5. The minimum absolute atomic E-state index is 0.0838. The fourth-order valence-electron chi connectivity index (χ4n) is 5.51. The smallest absolute Gasteiger partial charge is 0.257 e. The van der Waals surface area contributed by atoms with Gasteiger partial charge in [-0.2, -0.15) is 0 Å². The zero-order chi connectivity index (χ0) is 25.7. The Morgan fingerprint density at radius 2 is 1.78 bits per heavy atom. The van der Waals surface area contributed by atoms with E-state index in [1.54, 1.807) is 4.90 Å². The van der Waals surface area contributed by atoms with Crippen molar-refractivity contribution >= 4 is 18.0 Å². The largest absolute Gasteiger partial charge is 0.493 e. The number of hydrogen-bond donors (Lipinski definition) is 1. The summed E-state index contributed by atoms with van der Waals surface area (Å²) in [5.41, 5.74) is 2.34. The lowest BCUT2D eigenvalue weighted by Crippen LogP contribution is -2.51. The Morgan fingerprint density at radius 1 is 1.11 bits per heavy atom. The first-order valence-electron chi connectivity index (χ1n) is 13.1. The number of aliphatic hydroxyl groups is 1. The quantitative estimate of drug-likeness (QED) is 0.465. The maximum absolute atomic E-state index is 13.8. The molecule has 2 unspecified atom stereocenters. The molecule has 1 amide bonds. The van der Waals surface area contributed by atoms with Gasteiger partial charge in [-0.25, -0.2) is 4.99 Å². The van der Waals surface area contributed by atoms with Crippen LogP contribution < -0.4 is 0 Å². The van der Waals surface area contributed by atoms with Crippen molar-refractivity contribution in [1.82, 2.24) is 9.80 Å². The van der Waals surface area contributed by atoms with Gasteiger partial charge >= 0.3 is 0 Å². The molecule has 2 aromatic carbocycles. The van der Waals surface area contributed by atoms with Crippen molar-refractivity contribution in [1.29, 1.82) is 0 Å². The van der Waals surface area contributed by atoms with Crippen LogP contribution in [0.5, 0.6) is 0 Å². The summed E-state index contributed by atoms with van der Waals surface area (Å²) in [6, 6.07) is 19.2. The molecule has 1 saturated heterocycles. The number of aliphatic imine (C=N–C) groups is 1. The highest BCUT2D eigenvalue weighted by atomic mass is 16.3. The Labute approximate surface area is 214 Å². The van der Waals surface area contributed by atoms with E-state index in [4.69, 9.17) is 0 Å². The molecule has 1 N–H and O–H groups in total. The van der Waals surface area contributed by atoms with E-state index >= 15 is 0 Å². The molecule has 0 aromatic heterocycles. The summed E-state index contributed by atoms with van der Waals surface area (Å²) < 4.78 is 0. The standard InChI is InChI=1S/C30H37N3O3/c1-4-5-16-26-31-29(35)27(30(36)32-18-17-24(19-32)22-12-8-6-9-13-22)25(20-34)33(26)28(21(2)3)23-14-10-7-11-15-23/h6-15,20-21,24-25,28,35H,4-5,16-19H2,1-3H3/t24-,25?,28?/m1/s1. The van der Waals surface area contributed by atoms with Crippen molar-refractivity contribution in [3.05, 3.63) is 83.2 Å². The van der Waals surface area contributed by atoms with Gasteiger partial charge in [-0.15, -0.1) is 0 Å². The molecule has 2 aliphatic rings. The Morgan fingerprint density at radius 3 is 2.39 bits per heavy atom. The summed E-state index contributed by atoms with van der Waals surface area (Å²) >= 11 is 0. The van der Waals surface area contributed by atoms with E-state index in [-0.39, 0.29) is 35.2 Å². The fourth-order valence-corrected chi connectivity index (χ4v) is 5.51. The fraction of sp³-hybridized carbons (Fsp3) is 0.433. The van der Waals surface area contributed by atoms with Crippen LogP contribution in [0.2, 0.25) is 0 Å². The summed E-state index contributed by atoms with van der Waals surface area (Å²) in [7, 11) is 0. The van der Waals surface area contributed by atoms with Gasteiger partial charge < -0.3 is 19.7 Å². The predicted octanol–water partition coefficient (Wildman–Crippen LogP) is 5.64. The van der Waals surface area contributed by atoms with E-state index in [0.29, 0.717) is 25.3 Å². The molecule has 4 rings (SSSR count). The van der Waals surface area contributed by atoms with E-state index in [0.717, 1.165) is 31.1 Å². The van der Waals surface area contributed by atoms with Crippen LogP contribution in [-0.4, -0.2) is 52.1 Å². The van der Waals surface area contributed by atoms with E-state index in [9.17, 15) is 14.7 Å². The summed E-state index contributed by atoms with van der Waals surface area (Å²) in [6.45, 7) is 7.47. The molecule has 6 nitrogen and oxygen atoms in total. The minimum Gasteiger partial charge on any atom is -0.493 e. The number of unbranched alkanes of at least 4 members (excludes halogenated alkanes) is 1. The molecule has 190 valence electrons. The number of rotatable bonds is 9. The van der Waals surface area contributed by atoms with Crippen LogP contribution >= 0.6 is 0 Å². The average Bonchev–Trinajstić information content (AvgIpc) is 3.39. The summed E-state index contributed by atoms with van der Waals surface area (Å²) in [5.74, 6) is 0.422. The Hall–Kier alpha value is -3.41. The Bertz CT molecular complexity index is 1110. The van der Waals surface area contributed by atoms with Gasteiger partial charge in [0, 0.05) is 25.4 Å². The molecular weight excluding hydrogens is 450 g/mol. The van der Waals surface area contributed by atoms with E-state index in [1.807, 2.05) is 41.3 Å². The van der Waals surface area contributed by atoms with E-state index < -0.39 is 6.04 Å². The zero-order valence-electron chi connectivity index (χ0n) is 21.5. The van der Waals surface area contributed by atoms with Gasteiger partial charge in [-0.3, -0.25) is 4.79 Å². The van der Waals surface area contributed by atoms with Gasteiger partial charge in [-0.05, 0) is 29.9 Å². The molecule has 2 aromatic rings. The number of carbonyl (C=O) groups is 2. The van der Waals surface area contributed by atoms with Crippen molar-refractivity contribution in [2.75, 3.05) is 13.1 Å². The molecule has 0 radical (unpaired) electrons. The molecule has 0 spiro atoms. The lowest BCUT2D eigenvalue weighted by Gasteiger charge is -2.43. The minimum atomic E-state index is -0.898. The molecule has 2 aliphatic heterocycles. The SMILES string of the molecule is CCCCC1=NC(O)=C(C(=O)N2CC[C@@H](c3ccccc3)C2)C(C=O)N1C(c1ccccc1)C(C)C. The second-order valence-corrected chi connectivity index (χ2v) is 10.1. The Kier molecular flexibility index (Phi) is 8.24. The highest BCUT2D eigenvalue weighted by Crippen LogP contribution is 2.37. The average molecular weight is 488 g/mol. The van der Waals surface area contributed by atoms with Crippen LogP contribution in [0.25, 0.3) is 0 Å². The van der Waals surface area contributed by atoms with E-state index in [1.165, 1.54) is 5.56 Å². The number of amides is 1. The van der Waals surface area contributed by atoms with E-state index in [2.05, 4.69) is 50.0 Å². The number of aliphatic hydroxyl groups excluding tert-OH is 1. The van der Waals surface area contributed by atoms with Gasteiger partial charge in [0.25, 0.3) is 5.91 Å². The lowest BCUT2D eigenvalue weighted by molar-refractivity contribution is -0.128. The van der Waals surface area contributed by atoms with Gasteiger partial charge in [0.15, 0.2) is 0 Å². The first kappa shape index (κ1) is 25.7. The highest BCUT2D eigenvalue weighted by Gasteiger charge is 2.43. The number of carbonyl (C=O) groups excluding carboxylic acids is 2. The van der Waals surface area contributed by atoms with Gasteiger partial charge in [0.1, 0.15) is 23.7 Å². The lowest BCUT2D eigenvalue weighted by atomic mass is 9.90. The second kappa shape index (κ2) is 11.5. The summed E-state index contributed by atoms with van der Waals surface area (Å²) in [4.78, 5) is 34.8. The Balaban J connectivity index is 1.70. The topological polar surface area (TPSA) is 73.2 Å². The third kappa shape index (κ3) is 5.23. The van der Waals surface area contributed by atoms with Crippen LogP contribution in [0.4, 0.5) is 0 Å². The molecular formula is C30H37N3O3. The molecule has 2 heterocycles. The monoisotopic (exact) mass is 487 g/mol. The van der Waals surface area contributed by atoms with Gasteiger partial charge in [0.05, 0.1) is 6.04 Å². The number of nitrogens with zero attached hydrogens (tertiary/aromatic N) is 3. The summed E-state index contributed by atoms with van der Waals surface area (Å²) in [6.07, 6.45) is 4.11. The van der Waals surface area contributed by atoms with Crippen LogP contribution in [0.1, 0.15) is 69.5 Å². The normalized spacial score (nSPS) is 21.1. The molecule has 0 bridgehead atoms. The van der Waals surface area contributed by atoms with Crippen molar-refractivity contribution in [3.8, 4) is 0 Å². The van der Waals surface area contributed by atoms with Crippen LogP contribution in [-0.2, 0) is 9.59 Å². The molecule has 6 heteroatoms. The highest BCUT2D eigenvalue weighted by molar-refractivity contribution is 6.02. The van der Waals surface area contributed by atoms with Gasteiger partial charge in [-0.1, -0.05) is 87.9 Å². The first-order valence-corrected chi connectivity index (χ1v) is 13.1. The molecule has 0 saturated carbocycles. The third-order valence-electron chi connectivity index (χ3n) is 7.30. The molecule has 0 aliphatic carbocycles. The third-order valence-corrected chi connectivity index (χ3v) is 7.30. The number of benzene rings is 2. The van der Waals surface area contributed by atoms with Gasteiger partial charge in [0.2, 0.25) is 5.88 Å². The van der Waals surface area contributed by atoms with Crippen LogP contribution in [0, 0.1) is 5.92 Å². The molecule has 3 atom stereocenters. The maximum Gasteiger partial charge on any atom is 0.257 e. The second-order valence-electron chi connectivity index (χ2n) is 10.1. The number of likely N-dealkylation sites (tertiary alicyclic amines) is 1. The molecule has 36 heavy (non-hydrogen) atoms. The van der Waals surface area contributed by atoms with Crippen LogP contribution in [0.3, 0.4) is 0 Å². The number of aldehydes is 1. The summed E-state index contributed by atoms with van der Waals surface area (Å²) in [5, 5.41) is 11.0. The van der Waals surface area contributed by atoms with Crippen molar-refractivity contribution in [3.63, 3.8) is 0 Å². The first-order chi connectivity index (χ1) is 17.5. The van der Waals surface area contributed by atoms with Crippen molar-refractivity contribution in [2.45, 2.75) is 64.5 Å². The molecule has 1 fully saturated rings. The predicted molar refractivity (Wildman–Crippen MR) is 143 cm³/mol.